The van der Waals surface area contributed by atoms with Crippen LogP contribution < -0.4 is 0 Å². The Morgan fingerprint density at radius 3 is 2.19 bits per heavy atom. The van der Waals surface area contributed by atoms with Gasteiger partial charge in [0, 0.05) is 11.8 Å². The Labute approximate surface area is 126 Å². The van der Waals surface area contributed by atoms with E-state index in [2.05, 4.69) is 9.72 Å². The van der Waals surface area contributed by atoms with Crippen molar-refractivity contribution < 1.29 is 19.1 Å². The van der Waals surface area contributed by atoms with Crippen LogP contribution in [0.2, 0.25) is 5.15 Å². The van der Waals surface area contributed by atoms with Gasteiger partial charge >= 0.3 is 11.9 Å². The van der Waals surface area contributed by atoms with Gasteiger partial charge in [-0.25, -0.2) is 14.6 Å². The number of carbonyl (C=O) groups is 2. The Hall–Kier alpha value is -2.40. The second-order valence-electron chi connectivity index (χ2n) is 4.13. The lowest BCUT2D eigenvalue weighted by molar-refractivity contribution is 0.0471. The van der Waals surface area contributed by atoms with E-state index in [4.69, 9.17) is 16.3 Å². The number of ether oxygens (including phenoxy) is 2. The molecule has 0 aliphatic rings. The molecule has 21 heavy (non-hydrogen) atoms. The average Bonchev–Trinajstić information content (AvgIpc) is 2.53. The van der Waals surface area contributed by atoms with Gasteiger partial charge in [-0.3, -0.25) is 0 Å². The number of benzene rings is 1. The van der Waals surface area contributed by atoms with Crippen LogP contribution in [0.3, 0.4) is 0 Å². The van der Waals surface area contributed by atoms with E-state index < -0.39 is 11.9 Å². The first-order valence-corrected chi connectivity index (χ1v) is 6.44. The Bertz CT molecular complexity index is 638. The highest BCUT2D eigenvalue weighted by Gasteiger charge is 2.10. The van der Waals surface area contributed by atoms with Crippen LogP contribution in [0.5, 0.6) is 0 Å². The summed E-state index contributed by atoms with van der Waals surface area (Å²) in [6, 6.07) is 9.38. The van der Waals surface area contributed by atoms with E-state index in [9.17, 15) is 9.59 Å². The number of methoxy groups -OCH3 is 1. The fourth-order valence-electron chi connectivity index (χ4n) is 1.58. The number of halogens is 1. The predicted octanol–water partition coefficient (Wildman–Crippen LogP) is 2.88. The summed E-state index contributed by atoms with van der Waals surface area (Å²) < 4.78 is 9.72. The van der Waals surface area contributed by atoms with Crippen LogP contribution in [0.25, 0.3) is 0 Å². The van der Waals surface area contributed by atoms with Crippen LogP contribution >= 0.6 is 11.6 Å². The zero-order valence-electron chi connectivity index (χ0n) is 11.2. The second kappa shape index (κ2) is 6.85. The Morgan fingerprint density at radius 2 is 1.67 bits per heavy atom. The van der Waals surface area contributed by atoms with Crippen LogP contribution in [-0.2, 0) is 16.1 Å². The number of pyridine rings is 1. The summed E-state index contributed by atoms with van der Waals surface area (Å²) >= 11 is 5.67. The molecule has 6 heteroatoms. The molecular weight excluding hydrogens is 294 g/mol. The molecule has 2 rings (SSSR count). The number of rotatable bonds is 4. The topological polar surface area (TPSA) is 65.5 Å². The van der Waals surface area contributed by atoms with Gasteiger partial charge in [-0.2, -0.15) is 0 Å². The number of carbonyl (C=O) groups excluding carboxylic acids is 2. The predicted molar refractivity (Wildman–Crippen MR) is 76.1 cm³/mol. The molecular formula is C15H12ClNO4. The molecule has 1 heterocycles. The minimum absolute atomic E-state index is 0.0990. The zero-order valence-corrected chi connectivity index (χ0v) is 12.0. The highest BCUT2D eigenvalue weighted by molar-refractivity contribution is 6.29. The molecule has 0 atom stereocenters. The molecule has 0 radical (unpaired) electrons. The van der Waals surface area contributed by atoms with Gasteiger partial charge in [0.15, 0.2) is 0 Å². The van der Waals surface area contributed by atoms with E-state index in [0.717, 1.165) is 5.56 Å². The standard InChI is InChI=1S/C15H12ClNO4/c1-20-14(18)11-3-5-12(6-4-11)15(19)21-9-10-2-7-13(16)17-8-10/h2-8H,9H2,1H3. The quantitative estimate of drug-likeness (QED) is 0.642. The van der Waals surface area contributed by atoms with Crippen molar-refractivity contribution >= 4 is 23.5 Å². The minimum atomic E-state index is -0.485. The Kier molecular flexibility index (Phi) is 4.90. The summed E-state index contributed by atoms with van der Waals surface area (Å²) in [7, 11) is 1.30. The molecule has 0 fully saturated rings. The summed E-state index contributed by atoms with van der Waals surface area (Å²) in [6.45, 7) is 0.0990. The second-order valence-corrected chi connectivity index (χ2v) is 4.52. The number of esters is 2. The third-order valence-electron chi connectivity index (χ3n) is 2.70. The number of hydrogen-bond acceptors (Lipinski definition) is 5. The summed E-state index contributed by atoms with van der Waals surface area (Å²) in [6.07, 6.45) is 1.54. The minimum Gasteiger partial charge on any atom is -0.465 e. The lowest BCUT2D eigenvalue weighted by Crippen LogP contribution is -2.07. The van der Waals surface area contributed by atoms with Crippen molar-refractivity contribution in [2.24, 2.45) is 0 Å². The first-order valence-electron chi connectivity index (χ1n) is 6.06. The van der Waals surface area contributed by atoms with E-state index in [-0.39, 0.29) is 6.61 Å². The van der Waals surface area contributed by atoms with Crippen LogP contribution in [-0.4, -0.2) is 24.0 Å². The maximum Gasteiger partial charge on any atom is 0.338 e. The van der Waals surface area contributed by atoms with Crippen molar-refractivity contribution in [3.63, 3.8) is 0 Å². The monoisotopic (exact) mass is 305 g/mol. The van der Waals surface area contributed by atoms with Crippen LogP contribution in [0, 0.1) is 0 Å². The van der Waals surface area contributed by atoms with Crippen molar-refractivity contribution in [2.45, 2.75) is 6.61 Å². The van der Waals surface area contributed by atoms with Crippen molar-refractivity contribution in [2.75, 3.05) is 7.11 Å². The summed E-state index contributed by atoms with van der Waals surface area (Å²) in [4.78, 5) is 27.0. The van der Waals surface area contributed by atoms with Crippen LogP contribution in [0.4, 0.5) is 0 Å². The van der Waals surface area contributed by atoms with Crippen LogP contribution in [0.1, 0.15) is 26.3 Å². The lowest BCUT2D eigenvalue weighted by Gasteiger charge is -2.05. The largest absolute Gasteiger partial charge is 0.465 e. The fraction of sp³-hybridized carbons (Fsp3) is 0.133. The first-order chi connectivity index (χ1) is 10.1. The smallest absolute Gasteiger partial charge is 0.338 e. The molecule has 5 nitrogen and oxygen atoms in total. The average molecular weight is 306 g/mol. The maximum absolute atomic E-state index is 11.9. The third kappa shape index (κ3) is 4.03. The van der Waals surface area contributed by atoms with Gasteiger partial charge in [-0.05, 0) is 30.3 Å². The fourth-order valence-corrected chi connectivity index (χ4v) is 1.70. The van der Waals surface area contributed by atoms with E-state index in [1.807, 2.05) is 0 Å². The Balaban J connectivity index is 1.97. The van der Waals surface area contributed by atoms with Gasteiger partial charge in [0.1, 0.15) is 11.8 Å². The molecule has 0 saturated carbocycles. The van der Waals surface area contributed by atoms with E-state index in [1.165, 1.54) is 37.6 Å². The van der Waals surface area contributed by atoms with Crippen molar-refractivity contribution in [3.05, 3.63) is 64.4 Å². The van der Waals surface area contributed by atoms with Gasteiger partial charge in [0.05, 0.1) is 18.2 Å². The van der Waals surface area contributed by atoms with Gasteiger partial charge in [-0.15, -0.1) is 0 Å². The van der Waals surface area contributed by atoms with E-state index >= 15 is 0 Å². The number of aromatic nitrogens is 1. The van der Waals surface area contributed by atoms with Crippen LogP contribution in [0.15, 0.2) is 42.6 Å². The normalized spacial score (nSPS) is 10.0. The van der Waals surface area contributed by atoms with E-state index in [0.29, 0.717) is 16.3 Å². The molecule has 2 aromatic rings. The van der Waals surface area contributed by atoms with Gasteiger partial charge < -0.3 is 9.47 Å². The zero-order chi connectivity index (χ0) is 15.2. The lowest BCUT2D eigenvalue weighted by atomic mass is 10.1. The molecule has 1 aromatic heterocycles. The van der Waals surface area contributed by atoms with Gasteiger partial charge in [-0.1, -0.05) is 17.7 Å². The van der Waals surface area contributed by atoms with Crippen molar-refractivity contribution in [1.82, 2.24) is 4.98 Å². The third-order valence-corrected chi connectivity index (χ3v) is 2.92. The number of hydrogen-bond donors (Lipinski definition) is 0. The molecule has 0 amide bonds. The SMILES string of the molecule is COC(=O)c1ccc(C(=O)OCc2ccc(Cl)nc2)cc1. The summed E-state index contributed by atoms with van der Waals surface area (Å²) in [5.74, 6) is -0.941. The molecule has 0 aliphatic carbocycles. The van der Waals surface area contributed by atoms with Crippen molar-refractivity contribution in [3.8, 4) is 0 Å². The molecule has 1 aromatic carbocycles. The highest BCUT2D eigenvalue weighted by atomic mass is 35.5. The van der Waals surface area contributed by atoms with Crippen molar-refractivity contribution in [1.29, 1.82) is 0 Å². The van der Waals surface area contributed by atoms with E-state index in [1.54, 1.807) is 12.1 Å². The Morgan fingerprint density at radius 1 is 1.05 bits per heavy atom. The highest BCUT2D eigenvalue weighted by Crippen LogP contribution is 2.10. The van der Waals surface area contributed by atoms with Gasteiger partial charge in [0.25, 0.3) is 0 Å². The summed E-state index contributed by atoms with van der Waals surface area (Å²) in [5.41, 5.74) is 1.46. The molecule has 0 aliphatic heterocycles. The number of nitrogens with zero attached hydrogens (tertiary/aromatic N) is 1. The molecule has 0 bridgehead atoms. The maximum atomic E-state index is 11.9. The molecule has 0 saturated heterocycles. The molecule has 0 spiro atoms. The van der Waals surface area contributed by atoms with Gasteiger partial charge in [0.2, 0.25) is 0 Å². The molecule has 0 N–H and O–H groups in total. The first kappa shape index (κ1) is 15.0. The molecule has 108 valence electrons. The molecule has 0 unspecified atom stereocenters. The summed E-state index contributed by atoms with van der Waals surface area (Å²) in [5, 5.41) is 0.378.